The Kier molecular flexibility index (Phi) is 8.72. The highest BCUT2D eigenvalue weighted by atomic mass is 16.6. The van der Waals surface area contributed by atoms with Crippen molar-refractivity contribution in [3.63, 3.8) is 0 Å². The Labute approximate surface area is 193 Å². The molecule has 0 spiro atoms. The third-order valence-electron chi connectivity index (χ3n) is 6.43. The molecule has 3 rings (SSSR count). The van der Waals surface area contributed by atoms with E-state index in [1.807, 2.05) is 6.07 Å². The normalized spacial score (nSPS) is 12.1. The summed E-state index contributed by atoms with van der Waals surface area (Å²) in [6, 6.07) is 4.19. The second kappa shape index (κ2) is 11.5. The molecule has 0 fully saturated rings. The number of phenols is 2. The Morgan fingerprint density at radius 3 is 1.56 bits per heavy atom. The van der Waals surface area contributed by atoms with E-state index < -0.39 is 0 Å². The van der Waals surface area contributed by atoms with Gasteiger partial charge < -0.3 is 19.7 Å². The number of aromatic hydroxyl groups is 2. The third-order valence-corrected chi connectivity index (χ3v) is 6.43. The highest BCUT2D eigenvalue weighted by Gasteiger charge is 2.32. The number of rotatable bonds is 12. The van der Waals surface area contributed by atoms with Gasteiger partial charge in [0.2, 0.25) is 0 Å². The second-order valence-electron chi connectivity index (χ2n) is 8.96. The molecule has 0 amide bonds. The fourth-order valence-corrected chi connectivity index (χ4v) is 4.44. The molecule has 0 saturated heterocycles. The van der Waals surface area contributed by atoms with Gasteiger partial charge in [0.25, 0.3) is 0 Å². The van der Waals surface area contributed by atoms with Crippen molar-refractivity contribution in [1.29, 1.82) is 0 Å². The molecule has 0 radical (unpaired) electrons. The predicted octanol–water partition coefficient (Wildman–Crippen LogP) is 8.37. The summed E-state index contributed by atoms with van der Waals surface area (Å²) < 4.78 is 13.1. The first-order valence-corrected chi connectivity index (χ1v) is 12.7. The van der Waals surface area contributed by atoms with Crippen LogP contribution in [0.1, 0.15) is 101 Å². The minimum Gasteiger partial charge on any atom is -0.504 e. The lowest BCUT2D eigenvalue weighted by Crippen LogP contribution is -2.09. The van der Waals surface area contributed by atoms with Crippen molar-refractivity contribution >= 4 is 0 Å². The van der Waals surface area contributed by atoms with Crippen LogP contribution in [0.2, 0.25) is 0 Å². The van der Waals surface area contributed by atoms with Crippen LogP contribution in [0.15, 0.2) is 12.1 Å². The van der Waals surface area contributed by atoms with Crippen LogP contribution < -0.4 is 9.47 Å². The molecule has 1 heterocycles. The standard InChI is InChI=1S/C28H40O4/c1-5-9-13-19-17-18-23-26(20(19)14-10-6-2)32-28-22(16-12-8-4)25(30)24(29)21(15-11-7-3)27(28)31-23/h17-18,29-30H,5-16H2,1-4H3. The zero-order chi connectivity index (χ0) is 23.1. The van der Waals surface area contributed by atoms with Crippen molar-refractivity contribution in [3.8, 4) is 34.5 Å². The van der Waals surface area contributed by atoms with E-state index >= 15 is 0 Å². The van der Waals surface area contributed by atoms with Crippen molar-refractivity contribution < 1.29 is 19.7 Å². The average Bonchev–Trinajstić information content (AvgIpc) is 2.80. The van der Waals surface area contributed by atoms with Crippen LogP contribution in [0.3, 0.4) is 0 Å². The molecule has 2 aromatic carbocycles. The maximum absolute atomic E-state index is 10.9. The van der Waals surface area contributed by atoms with Gasteiger partial charge >= 0.3 is 0 Å². The van der Waals surface area contributed by atoms with Gasteiger partial charge in [0.15, 0.2) is 34.5 Å². The molecule has 2 aromatic rings. The number of phenolic OH excluding ortho intramolecular Hbond substituents is 2. The van der Waals surface area contributed by atoms with Crippen molar-refractivity contribution in [2.45, 2.75) is 105 Å². The lowest BCUT2D eigenvalue weighted by Gasteiger charge is -2.29. The summed E-state index contributed by atoms with van der Waals surface area (Å²) in [6.45, 7) is 8.66. The molecule has 0 aromatic heterocycles. The van der Waals surface area contributed by atoms with E-state index in [1.165, 1.54) is 11.1 Å². The van der Waals surface area contributed by atoms with Crippen LogP contribution in [0.5, 0.6) is 34.5 Å². The first-order valence-electron chi connectivity index (χ1n) is 12.7. The molecular weight excluding hydrogens is 400 g/mol. The van der Waals surface area contributed by atoms with E-state index in [0.29, 0.717) is 41.2 Å². The first-order chi connectivity index (χ1) is 15.6. The summed E-state index contributed by atoms with van der Waals surface area (Å²) in [7, 11) is 0. The van der Waals surface area contributed by atoms with Gasteiger partial charge in [-0.05, 0) is 63.0 Å². The van der Waals surface area contributed by atoms with Gasteiger partial charge in [0.05, 0.1) is 0 Å². The molecule has 0 aliphatic carbocycles. The van der Waals surface area contributed by atoms with E-state index in [9.17, 15) is 10.2 Å². The van der Waals surface area contributed by atoms with E-state index in [2.05, 4.69) is 33.8 Å². The lowest BCUT2D eigenvalue weighted by atomic mass is 9.94. The summed E-state index contributed by atoms with van der Waals surface area (Å²) in [4.78, 5) is 0. The molecule has 4 nitrogen and oxygen atoms in total. The molecule has 0 saturated carbocycles. The van der Waals surface area contributed by atoms with Gasteiger partial charge in [-0.15, -0.1) is 0 Å². The minimum atomic E-state index is -0.0545. The van der Waals surface area contributed by atoms with Gasteiger partial charge in [-0.3, -0.25) is 0 Å². The summed E-state index contributed by atoms with van der Waals surface area (Å²) in [5.41, 5.74) is 3.86. The maximum Gasteiger partial charge on any atom is 0.177 e. The van der Waals surface area contributed by atoms with Crippen LogP contribution in [0, 0.1) is 0 Å². The Morgan fingerprint density at radius 1 is 0.562 bits per heavy atom. The molecule has 0 unspecified atom stereocenters. The first kappa shape index (κ1) is 24.3. The van der Waals surface area contributed by atoms with Crippen molar-refractivity contribution in [1.82, 2.24) is 0 Å². The van der Waals surface area contributed by atoms with Crippen LogP contribution in [-0.2, 0) is 25.7 Å². The molecule has 1 aliphatic rings. The van der Waals surface area contributed by atoms with Crippen LogP contribution >= 0.6 is 0 Å². The number of ether oxygens (including phenoxy) is 2. The van der Waals surface area contributed by atoms with Crippen LogP contribution in [-0.4, -0.2) is 10.2 Å². The number of benzene rings is 2. The van der Waals surface area contributed by atoms with Gasteiger partial charge in [-0.1, -0.05) is 59.4 Å². The van der Waals surface area contributed by atoms with Gasteiger partial charge in [0.1, 0.15) is 0 Å². The molecular formula is C28H40O4. The predicted molar refractivity (Wildman–Crippen MR) is 131 cm³/mol. The Morgan fingerprint density at radius 2 is 1.03 bits per heavy atom. The lowest BCUT2D eigenvalue weighted by molar-refractivity contribution is 0.331. The SMILES string of the molecule is CCCCc1ccc2c(c1CCCC)Oc1c(CCCC)c(O)c(O)c(CCCC)c1O2. The van der Waals surface area contributed by atoms with E-state index in [1.54, 1.807) is 0 Å². The number of unbranched alkanes of at least 4 members (excludes halogenated alkanes) is 4. The van der Waals surface area contributed by atoms with Crippen molar-refractivity contribution in [3.05, 3.63) is 34.4 Å². The van der Waals surface area contributed by atoms with Gasteiger partial charge in [0, 0.05) is 16.7 Å². The summed E-state index contributed by atoms with van der Waals surface area (Å²) in [6.07, 6.45) is 11.6. The zero-order valence-corrected chi connectivity index (χ0v) is 20.4. The monoisotopic (exact) mass is 440 g/mol. The fourth-order valence-electron chi connectivity index (χ4n) is 4.44. The van der Waals surface area contributed by atoms with Crippen LogP contribution in [0.4, 0.5) is 0 Å². The largest absolute Gasteiger partial charge is 0.504 e. The smallest absolute Gasteiger partial charge is 0.177 e. The van der Waals surface area contributed by atoms with E-state index in [0.717, 1.165) is 70.0 Å². The minimum absolute atomic E-state index is 0.0485. The highest BCUT2D eigenvalue weighted by molar-refractivity contribution is 5.70. The molecule has 0 atom stereocenters. The topological polar surface area (TPSA) is 58.9 Å². The quantitative estimate of drug-likeness (QED) is 0.278. The second-order valence-corrected chi connectivity index (χ2v) is 8.96. The number of hydrogen-bond donors (Lipinski definition) is 2. The van der Waals surface area contributed by atoms with Crippen LogP contribution in [0.25, 0.3) is 0 Å². The summed E-state index contributed by atoms with van der Waals surface area (Å²) in [5.74, 6) is 2.58. The third kappa shape index (κ3) is 5.00. The highest BCUT2D eigenvalue weighted by Crippen LogP contribution is 2.56. The van der Waals surface area contributed by atoms with Crippen molar-refractivity contribution in [2.75, 3.05) is 0 Å². The number of aryl methyl sites for hydroxylation is 1. The molecule has 4 heteroatoms. The Hall–Kier alpha value is -2.36. The number of hydrogen-bond acceptors (Lipinski definition) is 4. The fraction of sp³-hybridized carbons (Fsp3) is 0.571. The van der Waals surface area contributed by atoms with Crippen molar-refractivity contribution in [2.24, 2.45) is 0 Å². The summed E-state index contributed by atoms with van der Waals surface area (Å²) in [5, 5.41) is 21.7. The molecule has 32 heavy (non-hydrogen) atoms. The molecule has 2 N–H and O–H groups in total. The van der Waals surface area contributed by atoms with Gasteiger partial charge in [-0.2, -0.15) is 0 Å². The Bertz CT molecular complexity index is 917. The average molecular weight is 441 g/mol. The molecule has 1 aliphatic heterocycles. The van der Waals surface area contributed by atoms with Gasteiger partial charge in [-0.25, -0.2) is 0 Å². The molecule has 176 valence electrons. The Balaban J connectivity index is 2.13. The van der Waals surface area contributed by atoms with E-state index in [-0.39, 0.29) is 11.5 Å². The van der Waals surface area contributed by atoms with E-state index in [4.69, 9.17) is 9.47 Å². The number of fused-ring (bicyclic) bond motifs is 2. The summed E-state index contributed by atoms with van der Waals surface area (Å²) >= 11 is 0. The molecule has 0 bridgehead atoms. The zero-order valence-electron chi connectivity index (χ0n) is 20.4. The maximum atomic E-state index is 10.9.